The third-order valence-electron chi connectivity index (χ3n) is 2.63. The molecule has 2 aromatic heterocycles. The zero-order valence-corrected chi connectivity index (χ0v) is 12.9. The van der Waals surface area contributed by atoms with Crippen LogP contribution in [-0.2, 0) is 17.9 Å². The predicted octanol–water partition coefficient (Wildman–Crippen LogP) is 1.81. The maximum atomic E-state index is 11.1. The molecule has 0 aliphatic heterocycles. The summed E-state index contributed by atoms with van der Waals surface area (Å²) < 4.78 is 5.08. The summed E-state index contributed by atoms with van der Waals surface area (Å²) in [6.07, 6.45) is 1.02. The molecule has 8 heteroatoms. The van der Waals surface area contributed by atoms with E-state index in [2.05, 4.69) is 32.5 Å². The summed E-state index contributed by atoms with van der Waals surface area (Å²) in [6.45, 7) is 3.80. The van der Waals surface area contributed by atoms with E-state index in [9.17, 15) is 4.79 Å². The summed E-state index contributed by atoms with van der Waals surface area (Å²) in [7, 11) is 1.61. The molecule has 2 heterocycles. The van der Waals surface area contributed by atoms with Gasteiger partial charge in [0.1, 0.15) is 18.2 Å². The van der Waals surface area contributed by atoms with Crippen LogP contribution in [0.25, 0.3) is 0 Å². The van der Waals surface area contributed by atoms with Gasteiger partial charge in [0.15, 0.2) is 5.82 Å². The molecule has 21 heavy (non-hydrogen) atoms. The van der Waals surface area contributed by atoms with Crippen molar-refractivity contribution in [2.75, 3.05) is 24.3 Å². The number of nitrogens with zero attached hydrogens (tertiary/aromatic N) is 2. The van der Waals surface area contributed by atoms with E-state index in [4.69, 9.17) is 4.74 Å². The number of rotatable bonds is 8. The van der Waals surface area contributed by atoms with Gasteiger partial charge in [-0.15, -0.1) is 0 Å². The van der Waals surface area contributed by atoms with Crippen LogP contribution in [0.15, 0.2) is 16.2 Å². The number of H-pyrrole nitrogens is 1. The van der Waals surface area contributed by atoms with Crippen molar-refractivity contribution >= 4 is 23.0 Å². The molecule has 114 valence electrons. The molecule has 0 bridgehead atoms. The van der Waals surface area contributed by atoms with Crippen LogP contribution >= 0.6 is 11.3 Å². The van der Waals surface area contributed by atoms with Crippen molar-refractivity contribution in [2.24, 2.45) is 0 Å². The molecule has 0 aromatic carbocycles. The van der Waals surface area contributed by atoms with E-state index >= 15 is 0 Å². The molecule has 0 radical (unpaired) electrons. The number of hydrogen-bond acceptors (Lipinski definition) is 7. The molecular formula is C13H19N5O2S. The summed E-state index contributed by atoms with van der Waals surface area (Å²) in [6, 6.07) is 1.85. The largest absolute Gasteiger partial charge is 0.377 e. The number of hydrogen-bond donors (Lipinski definition) is 3. The third kappa shape index (κ3) is 4.83. The Morgan fingerprint density at radius 2 is 2.10 bits per heavy atom. The second kappa shape index (κ2) is 7.75. The van der Waals surface area contributed by atoms with Crippen LogP contribution in [-0.4, -0.2) is 28.6 Å². The van der Waals surface area contributed by atoms with Crippen LogP contribution in [0, 0.1) is 0 Å². The summed E-state index contributed by atoms with van der Waals surface area (Å²) in [5, 5.41) is 8.21. The van der Waals surface area contributed by atoms with E-state index in [0.29, 0.717) is 24.8 Å². The molecule has 0 aliphatic rings. The molecule has 2 rings (SSSR count). The highest BCUT2D eigenvalue weighted by molar-refractivity contribution is 7.07. The van der Waals surface area contributed by atoms with Gasteiger partial charge in [0, 0.05) is 30.8 Å². The summed E-state index contributed by atoms with van der Waals surface area (Å²) >= 11 is 1.15. The lowest BCUT2D eigenvalue weighted by atomic mass is 10.4. The van der Waals surface area contributed by atoms with Gasteiger partial charge in [-0.1, -0.05) is 18.3 Å². The number of nitrogens with one attached hydrogen (secondary N) is 3. The fourth-order valence-electron chi connectivity index (χ4n) is 1.71. The minimum Gasteiger partial charge on any atom is -0.377 e. The Labute approximate surface area is 126 Å². The van der Waals surface area contributed by atoms with Gasteiger partial charge in [0.25, 0.3) is 0 Å². The number of aromatic amines is 1. The second-order valence-corrected chi connectivity index (χ2v) is 5.28. The molecule has 0 fully saturated rings. The number of ether oxygens (including phenoxy) is 1. The first kappa shape index (κ1) is 15.5. The SMILES string of the molecule is CCCNc1cc(NCc2csc(=O)[nH]2)nc(COC)n1. The first-order valence-electron chi connectivity index (χ1n) is 6.72. The third-order valence-corrected chi connectivity index (χ3v) is 3.35. The first-order valence-corrected chi connectivity index (χ1v) is 7.60. The zero-order chi connectivity index (χ0) is 15.1. The van der Waals surface area contributed by atoms with Gasteiger partial charge in [-0.05, 0) is 6.42 Å². The zero-order valence-electron chi connectivity index (χ0n) is 12.1. The minimum atomic E-state index is -0.0557. The lowest BCUT2D eigenvalue weighted by Gasteiger charge is -2.10. The molecule has 7 nitrogen and oxygen atoms in total. The van der Waals surface area contributed by atoms with Gasteiger partial charge in [-0.3, -0.25) is 4.79 Å². The van der Waals surface area contributed by atoms with Gasteiger partial charge < -0.3 is 20.4 Å². The van der Waals surface area contributed by atoms with Crippen molar-refractivity contribution < 1.29 is 4.74 Å². The fraction of sp³-hybridized carbons (Fsp3) is 0.462. The monoisotopic (exact) mass is 309 g/mol. The van der Waals surface area contributed by atoms with Crippen LogP contribution in [0.1, 0.15) is 24.9 Å². The number of aromatic nitrogens is 3. The maximum absolute atomic E-state index is 11.1. The lowest BCUT2D eigenvalue weighted by molar-refractivity contribution is 0.178. The average Bonchev–Trinajstić information content (AvgIpc) is 2.89. The second-order valence-electron chi connectivity index (χ2n) is 4.44. The molecule has 2 aromatic rings. The van der Waals surface area contributed by atoms with Crippen LogP contribution < -0.4 is 15.5 Å². The van der Waals surface area contributed by atoms with Crippen molar-refractivity contribution in [3.05, 3.63) is 32.6 Å². The van der Waals surface area contributed by atoms with E-state index in [1.54, 1.807) is 12.5 Å². The van der Waals surface area contributed by atoms with E-state index < -0.39 is 0 Å². The maximum Gasteiger partial charge on any atom is 0.304 e. The van der Waals surface area contributed by atoms with Gasteiger partial charge in [-0.2, -0.15) is 0 Å². The van der Waals surface area contributed by atoms with Crippen molar-refractivity contribution in [1.82, 2.24) is 15.0 Å². The van der Waals surface area contributed by atoms with Gasteiger partial charge in [-0.25, -0.2) is 9.97 Å². The molecule has 0 saturated carbocycles. The molecule has 0 atom stereocenters. The molecule has 3 N–H and O–H groups in total. The molecule has 0 saturated heterocycles. The fourth-order valence-corrected chi connectivity index (χ4v) is 2.29. The van der Waals surface area contributed by atoms with Gasteiger partial charge in [0.2, 0.25) is 0 Å². The molecule has 0 amide bonds. The topological polar surface area (TPSA) is 91.9 Å². The number of anilines is 2. The summed E-state index contributed by atoms with van der Waals surface area (Å²) in [5.74, 6) is 2.07. The average molecular weight is 309 g/mol. The smallest absolute Gasteiger partial charge is 0.304 e. The summed E-state index contributed by atoms with van der Waals surface area (Å²) in [5.41, 5.74) is 0.833. The highest BCUT2D eigenvalue weighted by Crippen LogP contribution is 2.13. The van der Waals surface area contributed by atoms with E-state index in [1.807, 2.05) is 6.07 Å². The van der Waals surface area contributed by atoms with Crippen LogP contribution in [0.3, 0.4) is 0 Å². The van der Waals surface area contributed by atoms with Crippen molar-refractivity contribution in [2.45, 2.75) is 26.5 Å². The Kier molecular flexibility index (Phi) is 5.70. The Hall–Kier alpha value is -1.93. The van der Waals surface area contributed by atoms with E-state index in [0.717, 1.165) is 35.8 Å². The predicted molar refractivity (Wildman–Crippen MR) is 83.8 cm³/mol. The Bertz CT molecular complexity index is 625. The molecular weight excluding hydrogens is 290 g/mol. The van der Waals surface area contributed by atoms with Crippen molar-refractivity contribution in [1.29, 1.82) is 0 Å². The van der Waals surface area contributed by atoms with Crippen LogP contribution in [0.4, 0.5) is 11.6 Å². The normalized spacial score (nSPS) is 10.6. The first-order chi connectivity index (χ1) is 10.2. The molecule has 0 aliphatic carbocycles. The van der Waals surface area contributed by atoms with E-state index in [1.165, 1.54) is 0 Å². The quantitative estimate of drug-likeness (QED) is 0.689. The number of methoxy groups -OCH3 is 1. The van der Waals surface area contributed by atoms with Gasteiger partial charge >= 0.3 is 4.87 Å². The Morgan fingerprint density at radius 3 is 2.71 bits per heavy atom. The Balaban J connectivity index is 2.08. The Morgan fingerprint density at radius 1 is 1.33 bits per heavy atom. The standard InChI is InChI=1S/C13H19N5O2S/c1-3-4-14-10-5-11(18-12(17-10)7-20-2)15-6-9-8-21-13(19)16-9/h5,8H,3-4,6-7H2,1-2H3,(H,16,19)(H2,14,15,17,18). The lowest BCUT2D eigenvalue weighted by Crippen LogP contribution is -2.10. The van der Waals surface area contributed by atoms with Crippen LogP contribution in [0.5, 0.6) is 0 Å². The highest BCUT2D eigenvalue weighted by atomic mass is 32.1. The van der Waals surface area contributed by atoms with Crippen molar-refractivity contribution in [3.63, 3.8) is 0 Å². The molecule has 0 spiro atoms. The number of thiazole rings is 1. The van der Waals surface area contributed by atoms with Gasteiger partial charge in [0.05, 0.1) is 6.54 Å². The summed E-state index contributed by atoms with van der Waals surface area (Å²) in [4.78, 5) is 22.5. The van der Waals surface area contributed by atoms with Crippen LogP contribution in [0.2, 0.25) is 0 Å². The molecule has 0 unspecified atom stereocenters. The van der Waals surface area contributed by atoms with Crippen molar-refractivity contribution in [3.8, 4) is 0 Å². The highest BCUT2D eigenvalue weighted by Gasteiger charge is 2.05. The minimum absolute atomic E-state index is 0.0557. The van der Waals surface area contributed by atoms with E-state index in [-0.39, 0.29) is 4.87 Å².